The molecule has 0 spiro atoms. The van der Waals surface area contributed by atoms with E-state index in [4.69, 9.17) is 4.42 Å². The number of hydrogen-bond donors (Lipinski definition) is 1. The molecule has 0 aliphatic rings. The molecule has 0 unspecified atom stereocenters. The van der Waals surface area contributed by atoms with E-state index in [0.29, 0.717) is 23.2 Å². The third-order valence-electron chi connectivity index (χ3n) is 4.78. The molecule has 0 radical (unpaired) electrons. The van der Waals surface area contributed by atoms with Crippen molar-refractivity contribution in [3.05, 3.63) is 84.1 Å². The lowest BCUT2D eigenvalue weighted by molar-refractivity contribution is 0.0943. The van der Waals surface area contributed by atoms with E-state index in [1.165, 1.54) is 17.3 Å². The van der Waals surface area contributed by atoms with Gasteiger partial charge in [-0.1, -0.05) is 35.4 Å². The summed E-state index contributed by atoms with van der Waals surface area (Å²) in [5.74, 6) is 0.209. The van der Waals surface area contributed by atoms with Crippen molar-refractivity contribution in [1.29, 1.82) is 0 Å². The van der Waals surface area contributed by atoms with Crippen molar-refractivity contribution >= 4 is 17.7 Å². The van der Waals surface area contributed by atoms with Crippen molar-refractivity contribution in [2.75, 3.05) is 6.54 Å². The first-order valence-corrected chi connectivity index (χ1v) is 11.0. The van der Waals surface area contributed by atoms with Crippen molar-refractivity contribution in [1.82, 2.24) is 19.9 Å². The van der Waals surface area contributed by atoms with Crippen LogP contribution in [0.1, 0.15) is 28.0 Å². The number of hydrogen-bond acceptors (Lipinski definition) is 5. The first-order chi connectivity index (χ1) is 15.1. The smallest absolute Gasteiger partial charge is 0.274 e. The van der Waals surface area contributed by atoms with Crippen LogP contribution in [-0.2, 0) is 6.54 Å². The molecule has 158 valence electrons. The predicted molar refractivity (Wildman–Crippen MR) is 121 cm³/mol. The Hall–Kier alpha value is -3.32. The Labute approximate surface area is 185 Å². The molecule has 2 aromatic heterocycles. The first-order valence-electron chi connectivity index (χ1n) is 10.1. The molecule has 4 rings (SSSR count). The molecule has 4 aromatic rings. The lowest BCUT2D eigenvalue weighted by Crippen LogP contribution is -2.26. The molecule has 1 amide bonds. The fraction of sp³-hybridized carbons (Fsp3) is 0.208. The zero-order valence-corrected chi connectivity index (χ0v) is 18.4. The van der Waals surface area contributed by atoms with Gasteiger partial charge in [-0.25, -0.2) is 9.97 Å². The summed E-state index contributed by atoms with van der Waals surface area (Å²) < 4.78 is 8.02. The number of aryl methyl sites for hydroxylation is 3. The van der Waals surface area contributed by atoms with Crippen LogP contribution >= 0.6 is 11.8 Å². The van der Waals surface area contributed by atoms with E-state index in [9.17, 15) is 4.79 Å². The standard InChI is InChI=1S/C24H24N4O2S/c1-17-4-8-19(9-5-17)23-27-21(22(29)26-12-3-14-28-15-13-25-16-28)24(30-23)31-20-10-6-18(2)7-11-20/h4-11,13,15-16H,3,12,14H2,1-2H3,(H,26,29). The summed E-state index contributed by atoms with van der Waals surface area (Å²) >= 11 is 1.40. The van der Waals surface area contributed by atoms with E-state index >= 15 is 0 Å². The molecule has 6 nitrogen and oxygen atoms in total. The normalized spacial score (nSPS) is 10.9. The first kappa shape index (κ1) is 20.9. The number of oxazole rings is 1. The van der Waals surface area contributed by atoms with Gasteiger partial charge >= 0.3 is 0 Å². The molecule has 0 aliphatic heterocycles. The molecule has 1 N–H and O–H groups in total. The largest absolute Gasteiger partial charge is 0.429 e. The maximum absolute atomic E-state index is 12.9. The van der Waals surface area contributed by atoms with Crippen molar-refractivity contribution in [2.45, 2.75) is 36.8 Å². The monoisotopic (exact) mass is 432 g/mol. The number of nitrogens with zero attached hydrogens (tertiary/aromatic N) is 3. The van der Waals surface area contributed by atoms with Crippen molar-refractivity contribution in [2.24, 2.45) is 0 Å². The van der Waals surface area contributed by atoms with Crippen LogP contribution in [0.5, 0.6) is 0 Å². The summed E-state index contributed by atoms with van der Waals surface area (Å²) in [6, 6.07) is 16.0. The number of aromatic nitrogens is 3. The van der Waals surface area contributed by atoms with Gasteiger partial charge in [-0.3, -0.25) is 4.79 Å². The minimum Gasteiger partial charge on any atom is -0.429 e. The Kier molecular flexibility index (Phi) is 6.52. The van der Waals surface area contributed by atoms with E-state index in [2.05, 4.69) is 15.3 Å². The molecule has 0 fully saturated rings. The number of amides is 1. The van der Waals surface area contributed by atoms with Gasteiger partial charge < -0.3 is 14.3 Å². The summed E-state index contributed by atoms with van der Waals surface area (Å²) in [5, 5.41) is 3.45. The highest BCUT2D eigenvalue weighted by Gasteiger charge is 2.22. The molecule has 0 bridgehead atoms. The lowest BCUT2D eigenvalue weighted by atomic mass is 10.1. The molecule has 31 heavy (non-hydrogen) atoms. The van der Waals surface area contributed by atoms with E-state index < -0.39 is 0 Å². The second-order valence-electron chi connectivity index (χ2n) is 7.35. The molecule has 0 saturated carbocycles. The summed E-state index contributed by atoms with van der Waals surface area (Å²) in [6.07, 6.45) is 6.22. The molecule has 0 saturated heterocycles. The minimum absolute atomic E-state index is 0.234. The van der Waals surface area contributed by atoms with Crippen LogP contribution in [0.4, 0.5) is 0 Å². The molecule has 2 heterocycles. The number of nitrogens with one attached hydrogen (secondary N) is 1. The van der Waals surface area contributed by atoms with Crippen LogP contribution in [0.25, 0.3) is 11.5 Å². The van der Waals surface area contributed by atoms with Crippen LogP contribution in [0, 0.1) is 13.8 Å². The average Bonchev–Trinajstić information content (AvgIpc) is 3.43. The Morgan fingerprint density at radius 1 is 1.06 bits per heavy atom. The van der Waals surface area contributed by atoms with Gasteiger partial charge in [0, 0.05) is 35.9 Å². The van der Waals surface area contributed by atoms with E-state index in [0.717, 1.165) is 29.0 Å². The van der Waals surface area contributed by atoms with Gasteiger partial charge in [0.25, 0.3) is 5.91 Å². The van der Waals surface area contributed by atoms with E-state index in [1.807, 2.05) is 73.1 Å². The fourth-order valence-electron chi connectivity index (χ4n) is 3.02. The van der Waals surface area contributed by atoms with Crippen molar-refractivity contribution in [3.63, 3.8) is 0 Å². The molecule has 0 aliphatic carbocycles. The van der Waals surface area contributed by atoms with Crippen molar-refractivity contribution < 1.29 is 9.21 Å². The number of carbonyl (C=O) groups excluding carboxylic acids is 1. The van der Waals surface area contributed by atoms with Gasteiger partial charge in [-0.2, -0.15) is 0 Å². The van der Waals surface area contributed by atoms with Gasteiger partial charge in [0.15, 0.2) is 10.8 Å². The highest BCUT2D eigenvalue weighted by molar-refractivity contribution is 7.99. The summed E-state index contributed by atoms with van der Waals surface area (Å²) in [6.45, 7) is 5.40. The van der Waals surface area contributed by atoms with E-state index in [1.54, 1.807) is 12.5 Å². The van der Waals surface area contributed by atoms with Crippen LogP contribution in [0.2, 0.25) is 0 Å². The van der Waals surface area contributed by atoms with Gasteiger partial charge in [0.05, 0.1) is 6.33 Å². The Bertz CT molecular complexity index is 1130. The highest BCUT2D eigenvalue weighted by Crippen LogP contribution is 2.34. The predicted octanol–water partition coefficient (Wildman–Crippen LogP) is 5.13. The van der Waals surface area contributed by atoms with Crippen molar-refractivity contribution in [3.8, 4) is 11.5 Å². The third kappa shape index (κ3) is 5.44. The maximum Gasteiger partial charge on any atom is 0.274 e. The fourth-order valence-corrected chi connectivity index (χ4v) is 3.86. The number of rotatable bonds is 8. The highest BCUT2D eigenvalue weighted by atomic mass is 32.2. The molecular formula is C24H24N4O2S. The van der Waals surface area contributed by atoms with Gasteiger partial charge in [0.2, 0.25) is 5.89 Å². The molecule has 2 aromatic carbocycles. The molecular weight excluding hydrogens is 408 g/mol. The zero-order valence-electron chi connectivity index (χ0n) is 17.5. The Morgan fingerprint density at radius 3 is 2.45 bits per heavy atom. The molecule has 0 atom stereocenters. The topological polar surface area (TPSA) is 73.0 Å². The van der Waals surface area contributed by atoms with Crippen LogP contribution < -0.4 is 5.32 Å². The zero-order chi connectivity index (χ0) is 21.6. The van der Waals surface area contributed by atoms with Gasteiger partial charge in [-0.15, -0.1) is 0 Å². The van der Waals surface area contributed by atoms with Crippen LogP contribution in [-0.4, -0.2) is 27.0 Å². The lowest BCUT2D eigenvalue weighted by Gasteiger charge is -2.05. The minimum atomic E-state index is -0.234. The van der Waals surface area contributed by atoms with Crippen LogP contribution in [0.3, 0.4) is 0 Å². The molecule has 7 heteroatoms. The second kappa shape index (κ2) is 9.66. The summed E-state index contributed by atoms with van der Waals surface area (Å²) in [7, 11) is 0. The quantitative estimate of drug-likeness (QED) is 0.391. The Morgan fingerprint density at radius 2 is 1.77 bits per heavy atom. The van der Waals surface area contributed by atoms with Gasteiger partial charge in [-0.05, 0) is 56.3 Å². The van der Waals surface area contributed by atoms with E-state index in [-0.39, 0.29) is 5.91 Å². The SMILES string of the molecule is Cc1ccc(Sc2oc(-c3ccc(C)cc3)nc2C(=O)NCCCn2ccnc2)cc1. The number of imidazole rings is 1. The Balaban J connectivity index is 1.52. The number of benzene rings is 2. The third-order valence-corrected chi connectivity index (χ3v) is 5.75. The maximum atomic E-state index is 12.9. The van der Waals surface area contributed by atoms with Gasteiger partial charge in [0.1, 0.15) is 0 Å². The second-order valence-corrected chi connectivity index (χ2v) is 8.39. The number of carbonyl (C=O) groups is 1. The summed E-state index contributed by atoms with van der Waals surface area (Å²) in [5.41, 5.74) is 3.48. The average molecular weight is 433 g/mol. The summed E-state index contributed by atoms with van der Waals surface area (Å²) in [4.78, 5) is 22.5. The van der Waals surface area contributed by atoms with Crippen LogP contribution in [0.15, 0.2) is 81.7 Å².